The molecule has 8 heteroatoms. The Labute approximate surface area is 159 Å². The summed E-state index contributed by atoms with van der Waals surface area (Å²) in [5.41, 5.74) is 2.86. The third-order valence-electron chi connectivity index (χ3n) is 4.83. The van der Waals surface area contributed by atoms with Crippen molar-refractivity contribution in [1.82, 2.24) is 9.21 Å². The van der Waals surface area contributed by atoms with Crippen molar-refractivity contribution in [2.45, 2.75) is 25.3 Å². The lowest BCUT2D eigenvalue weighted by molar-refractivity contribution is -0.384. The standard InChI is InChI=1S/C19H23N3O4S/c1-15-3-8-19(16(2)13-15)27(25,26)21-11-9-20(10-12-21)14-17-4-6-18(7-5-17)22(23)24/h3-8,13H,9-12,14H2,1-2H3. The van der Waals surface area contributed by atoms with Crippen LogP contribution < -0.4 is 0 Å². The highest BCUT2D eigenvalue weighted by Crippen LogP contribution is 2.23. The first-order chi connectivity index (χ1) is 12.8. The first-order valence-corrected chi connectivity index (χ1v) is 10.2. The first-order valence-electron chi connectivity index (χ1n) is 8.80. The van der Waals surface area contributed by atoms with Gasteiger partial charge in [-0.3, -0.25) is 15.0 Å². The number of sulfonamides is 1. The number of non-ortho nitro benzene ring substituents is 1. The molecule has 1 aliphatic rings. The highest BCUT2D eigenvalue weighted by molar-refractivity contribution is 7.89. The minimum atomic E-state index is -3.49. The number of piperazine rings is 1. The Bertz CT molecular complexity index is 934. The molecule has 27 heavy (non-hydrogen) atoms. The van der Waals surface area contributed by atoms with Crippen LogP contribution in [0.1, 0.15) is 16.7 Å². The van der Waals surface area contributed by atoms with Gasteiger partial charge in [0.2, 0.25) is 10.0 Å². The highest BCUT2D eigenvalue weighted by Gasteiger charge is 2.29. The Morgan fingerprint density at radius 3 is 2.19 bits per heavy atom. The number of rotatable bonds is 5. The Balaban J connectivity index is 1.63. The fraction of sp³-hybridized carbons (Fsp3) is 0.368. The molecule has 7 nitrogen and oxygen atoms in total. The van der Waals surface area contributed by atoms with Crippen LogP contribution in [0.25, 0.3) is 0 Å². The molecule has 1 aliphatic heterocycles. The highest BCUT2D eigenvalue weighted by atomic mass is 32.2. The van der Waals surface area contributed by atoms with Crippen LogP contribution in [-0.4, -0.2) is 48.7 Å². The zero-order chi connectivity index (χ0) is 19.6. The summed E-state index contributed by atoms with van der Waals surface area (Å²) in [6.45, 7) is 6.54. The first kappa shape index (κ1) is 19.5. The zero-order valence-corrected chi connectivity index (χ0v) is 16.3. The van der Waals surface area contributed by atoms with Gasteiger partial charge in [0.1, 0.15) is 0 Å². The second kappa shape index (κ2) is 7.75. The molecule has 0 atom stereocenters. The number of hydrogen-bond donors (Lipinski definition) is 0. The average Bonchev–Trinajstić information content (AvgIpc) is 2.62. The van der Waals surface area contributed by atoms with Crippen molar-refractivity contribution in [3.63, 3.8) is 0 Å². The zero-order valence-electron chi connectivity index (χ0n) is 15.5. The Kier molecular flexibility index (Phi) is 5.59. The van der Waals surface area contributed by atoms with E-state index in [9.17, 15) is 18.5 Å². The molecule has 0 aromatic heterocycles. The lowest BCUT2D eigenvalue weighted by atomic mass is 10.2. The monoisotopic (exact) mass is 389 g/mol. The van der Waals surface area contributed by atoms with E-state index >= 15 is 0 Å². The van der Waals surface area contributed by atoms with Gasteiger partial charge in [-0.15, -0.1) is 0 Å². The van der Waals surface area contributed by atoms with Gasteiger partial charge in [0.25, 0.3) is 5.69 Å². The molecule has 1 heterocycles. The normalized spacial score (nSPS) is 16.4. The summed E-state index contributed by atoms with van der Waals surface area (Å²) < 4.78 is 27.4. The average molecular weight is 389 g/mol. The van der Waals surface area contributed by atoms with Crippen molar-refractivity contribution < 1.29 is 13.3 Å². The molecule has 0 radical (unpaired) electrons. The minimum absolute atomic E-state index is 0.0723. The van der Waals surface area contributed by atoms with E-state index in [-0.39, 0.29) is 5.69 Å². The quantitative estimate of drug-likeness (QED) is 0.580. The SMILES string of the molecule is Cc1ccc(S(=O)(=O)N2CCN(Cc3ccc([N+](=O)[O-])cc3)CC2)c(C)c1. The fourth-order valence-electron chi connectivity index (χ4n) is 3.34. The van der Waals surface area contributed by atoms with Crippen LogP contribution in [0.4, 0.5) is 5.69 Å². The maximum atomic E-state index is 12.9. The van der Waals surface area contributed by atoms with Crippen molar-refractivity contribution in [1.29, 1.82) is 0 Å². The van der Waals surface area contributed by atoms with Gasteiger partial charge in [-0.05, 0) is 31.0 Å². The van der Waals surface area contributed by atoms with E-state index in [1.54, 1.807) is 18.2 Å². The van der Waals surface area contributed by atoms with E-state index in [2.05, 4.69) is 4.90 Å². The van der Waals surface area contributed by atoms with Crippen molar-refractivity contribution >= 4 is 15.7 Å². The van der Waals surface area contributed by atoms with Gasteiger partial charge in [-0.1, -0.05) is 29.8 Å². The molecule has 144 valence electrons. The second-order valence-electron chi connectivity index (χ2n) is 6.87. The summed E-state index contributed by atoms with van der Waals surface area (Å²) in [6, 6.07) is 11.9. The van der Waals surface area contributed by atoms with Crippen molar-refractivity contribution in [3.05, 3.63) is 69.3 Å². The number of benzene rings is 2. The minimum Gasteiger partial charge on any atom is -0.296 e. The van der Waals surface area contributed by atoms with Crippen LogP contribution in [0.5, 0.6) is 0 Å². The predicted octanol–water partition coefficient (Wildman–Crippen LogP) is 2.72. The molecular formula is C19H23N3O4S. The van der Waals surface area contributed by atoms with Gasteiger partial charge in [0, 0.05) is 44.9 Å². The number of hydrogen-bond acceptors (Lipinski definition) is 5. The molecule has 1 fully saturated rings. The van der Waals surface area contributed by atoms with E-state index in [1.807, 2.05) is 26.0 Å². The van der Waals surface area contributed by atoms with E-state index in [1.165, 1.54) is 16.4 Å². The van der Waals surface area contributed by atoms with Gasteiger partial charge in [0.05, 0.1) is 9.82 Å². The molecule has 0 unspecified atom stereocenters. The van der Waals surface area contributed by atoms with Crippen molar-refractivity contribution in [2.75, 3.05) is 26.2 Å². The third kappa shape index (κ3) is 4.35. The van der Waals surface area contributed by atoms with Crippen LogP contribution in [0.2, 0.25) is 0 Å². The van der Waals surface area contributed by atoms with Crippen LogP contribution in [0.15, 0.2) is 47.4 Å². The van der Waals surface area contributed by atoms with Crippen LogP contribution >= 0.6 is 0 Å². The smallest absolute Gasteiger partial charge is 0.269 e. The molecular weight excluding hydrogens is 366 g/mol. The van der Waals surface area contributed by atoms with E-state index < -0.39 is 14.9 Å². The van der Waals surface area contributed by atoms with Crippen LogP contribution in [0.3, 0.4) is 0 Å². The fourth-order valence-corrected chi connectivity index (χ4v) is 4.97. The number of nitrogens with zero attached hydrogens (tertiary/aromatic N) is 3. The van der Waals surface area contributed by atoms with Crippen molar-refractivity contribution in [2.24, 2.45) is 0 Å². The lowest BCUT2D eigenvalue weighted by Gasteiger charge is -2.34. The molecule has 1 saturated heterocycles. The van der Waals surface area contributed by atoms with E-state index in [0.29, 0.717) is 37.6 Å². The molecule has 0 bridgehead atoms. The van der Waals surface area contributed by atoms with Gasteiger partial charge in [-0.25, -0.2) is 8.42 Å². The van der Waals surface area contributed by atoms with Gasteiger partial charge in [-0.2, -0.15) is 4.31 Å². The molecule has 0 N–H and O–H groups in total. The maximum absolute atomic E-state index is 12.9. The molecule has 2 aromatic carbocycles. The van der Waals surface area contributed by atoms with Crippen LogP contribution in [-0.2, 0) is 16.6 Å². The largest absolute Gasteiger partial charge is 0.296 e. The lowest BCUT2D eigenvalue weighted by Crippen LogP contribution is -2.48. The summed E-state index contributed by atoms with van der Waals surface area (Å²) in [5, 5.41) is 10.7. The van der Waals surface area contributed by atoms with E-state index in [0.717, 1.165) is 16.7 Å². The second-order valence-corrected chi connectivity index (χ2v) is 8.78. The van der Waals surface area contributed by atoms with Crippen molar-refractivity contribution in [3.8, 4) is 0 Å². The molecule has 0 spiro atoms. The topological polar surface area (TPSA) is 83.8 Å². The molecule has 2 aromatic rings. The van der Waals surface area contributed by atoms with Gasteiger partial charge in [0.15, 0.2) is 0 Å². The Morgan fingerprint density at radius 1 is 1.00 bits per heavy atom. The Morgan fingerprint density at radius 2 is 1.63 bits per heavy atom. The maximum Gasteiger partial charge on any atom is 0.269 e. The molecule has 0 amide bonds. The van der Waals surface area contributed by atoms with Gasteiger partial charge < -0.3 is 0 Å². The molecule has 3 rings (SSSR count). The Hall–Kier alpha value is -2.29. The summed E-state index contributed by atoms with van der Waals surface area (Å²) >= 11 is 0. The van der Waals surface area contributed by atoms with Crippen LogP contribution in [0, 0.1) is 24.0 Å². The third-order valence-corrected chi connectivity index (χ3v) is 6.89. The number of aryl methyl sites for hydroxylation is 2. The predicted molar refractivity (Wildman–Crippen MR) is 103 cm³/mol. The van der Waals surface area contributed by atoms with E-state index in [4.69, 9.17) is 0 Å². The number of nitro benzene ring substituents is 1. The molecule has 0 saturated carbocycles. The summed E-state index contributed by atoms with van der Waals surface area (Å²) in [4.78, 5) is 12.8. The molecule has 0 aliphatic carbocycles. The van der Waals surface area contributed by atoms with Gasteiger partial charge >= 0.3 is 0 Å². The summed E-state index contributed by atoms with van der Waals surface area (Å²) in [6.07, 6.45) is 0. The summed E-state index contributed by atoms with van der Waals surface area (Å²) in [7, 11) is -3.49. The summed E-state index contributed by atoms with van der Waals surface area (Å²) in [5.74, 6) is 0. The number of nitro groups is 1.